The first kappa shape index (κ1) is 15.3. The van der Waals surface area contributed by atoms with Gasteiger partial charge in [0.25, 0.3) is 0 Å². The van der Waals surface area contributed by atoms with Crippen LogP contribution >= 0.6 is 15.9 Å². The minimum Gasteiger partial charge on any atom is -0.306 e. The SMILES string of the molecule is CCc1ccccc1CNC(CC)c1cccc(Br)c1. The van der Waals surface area contributed by atoms with Crippen LogP contribution in [0.5, 0.6) is 0 Å². The number of benzene rings is 2. The minimum absolute atomic E-state index is 0.400. The van der Waals surface area contributed by atoms with E-state index in [4.69, 9.17) is 0 Å². The first-order valence-corrected chi connectivity index (χ1v) is 8.09. The highest BCUT2D eigenvalue weighted by atomic mass is 79.9. The Hall–Kier alpha value is -1.12. The Kier molecular flexibility index (Phi) is 5.81. The molecule has 106 valence electrons. The Morgan fingerprint density at radius 2 is 1.75 bits per heavy atom. The molecule has 1 unspecified atom stereocenters. The van der Waals surface area contributed by atoms with Crippen LogP contribution in [0.3, 0.4) is 0 Å². The largest absolute Gasteiger partial charge is 0.306 e. The van der Waals surface area contributed by atoms with Crippen LogP contribution in [0.15, 0.2) is 53.0 Å². The predicted molar refractivity (Wildman–Crippen MR) is 89.8 cm³/mol. The fraction of sp³-hybridized carbons (Fsp3) is 0.333. The highest BCUT2D eigenvalue weighted by Crippen LogP contribution is 2.21. The van der Waals surface area contributed by atoms with E-state index in [-0.39, 0.29) is 0 Å². The van der Waals surface area contributed by atoms with Crippen molar-refractivity contribution in [2.24, 2.45) is 0 Å². The van der Waals surface area contributed by atoms with E-state index in [1.165, 1.54) is 16.7 Å². The van der Waals surface area contributed by atoms with Gasteiger partial charge in [-0.2, -0.15) is 0 Å². The molecule has 0 spiro atoms. The van der Waals surface area contributed by atoms with Gasteiger partial charge >= 0.3 is 0 Å². The Morgan fingerprint density at radius 3 is 2.40 bits per heavy atom. The van der Waals surface area contributed by atoms with Crippen molar-refractivity contribution in [3.63, 3.8) is 0 Å². The molecule has 2 aromatic rings. The molecule has 2 aromatic carbocycles. The van der Waals surface area contributed by atoms with Gasteiger partial charge < -0.3 is 5.32 Å². The molecule has 0 amide bonds. The monoisotopic (exact) mass is 331 g/mol. The summed E-state index contributed by atoms with van der Waals surface area (Å²) in [6, 6.07) is 17.6. The molecule has 20 heavy (non-hydrogen) atoms. The average molecular weight is 332 g/mol. The Balaban J connectivity index is 2.08. The average Bonchev–Trinajstić information content (AvgIpc) is 2.48. The molecular formula is C18H22BrN. The summed E-state index contributed by atoms with van der Waals surface area (Å²) >= 11 is 3.55. The van der Waals surface area contributed by atoms with Gasteiger partial charge in [-0.05, 0) is 41.7 Å². The molecule has 1 atom stereocenters. The van der Waals surface area contributed by atoms with Gasteiger partial charge in [-0.25, -0.2) is 0 Å². The molecular weight excluding hydrogens is 310 g/mol. The zero-order valence-corrected chi connectivity index (χ0v) is 13.8. The summed E-state index contributed by atoms with van der Waals surface area (Å²) in [5.74, 6) is 0. The standard InChI is InChI=1S/C18H22BrN/c1-3-14-8-5-6-9-16(14)13-20-18(4-2)15-10-7-11-17(19)12-15/h5-12,18,20H,3-4,13H2,1-2H3. The van der Waals surface area contributed by atoms with Gasteiger partial charge in [0.15, 0.2) is 0 Å². The van der Waals surface area contributed by atoms with E-state index in [1.54, 1.807) is 0 Å². The fourth-order valence-corrected chi connectivity index (χ4v) is 2.95. The van der Waals surface area contributed by atoms with Crippen LogP contribution in [0.2, 0.25) is 0 Å². The quantitative estimate of drug-likeness (QED) is 0.761. The van der Waals surface area contributed by atoms with Gasteiger partial charge in [0.05, 0.1) is 0 Å². The molecule has 0 fully saturated rings. The van der Waals surface area contributed by atoms with Crippen LogP contribution in [-0.2, 0) is 13.0 Å². The van der Waals surface area contributed by atoms with Crippen LogP contribution < -0.4 is 5.32 Å². The summed E-state index contributed by atoms with van der Waals surface area (Å²) in [5, 5.41) is 3.68. The predicted octanol–water partition coefficient (Wildman–Crippen LogP) is 5.25. The van der Waals surface area contributed by atoms with Gasteiger partial charge in [-0.3, -0.25) is 0 Å². The smallest absolute Gasteiger partial charge is 0.0321 e. The lowest BCUT2D eigenvalue weighted by atomic mass is 10.0. The Morgan fingerprint density at radius 1 is 1.00 bits per heavy atom. The van der Waals surface area contributed by atoms with Crippen molar-refractivity contribution >= 4 is 15.9 Å². The van der Waals surface area contributed by atoms with Crippen molar-refractivity contribution in [2.75, 3.05) is 0 Å². The lowest BCUT2D eigenvalue weighted by Crippen LogP contribution is -2.21. The normalized spacial score (nSPS) is 12.3. The van der Waals surface area contributed by atoms with Gasteiger partial charge in [0.1, 0.15) is 0 Å². The van der Waals surface area contributed by atoms with E-state index < -0.39 is 0 Å². The van der Waals surface area contributed by atoms with Crippen molar-refractivity contribution < 1.29 is 0 Å². The molecule has 2 rings (SSSR count). The topological polar surface area (TPSA) is 12.0 Å². The number of aryl methyl sites for hydroxylation is 1. The second-order valence-corrected chi connectivity index (χ2v) is 5.93. The highest BCUT2D eigenvalue weighted by molar-refractivity contribution is 9.10. The summed E-state index contributed by atoms with van der Waals surface area (Å²) in [4.78, 5) is 0. The molecule has 0 aliphatic carbocycles. The summed E-state index contributed by atoms with van der Waals surface area (Å²) < 4.78 is 1.14. The number of hydrogen-bond donors (Lipinski definition) is 1. The van der Waals surface area contributed by atoms with Gasteiger partial charge in [0.2, 0.25) is 0 Å². The molecule has 0 radical (unpaired) electrons. The van der Waals surface area contributed by atoms with Gasteiger partial charge in [0, 0.05) is 17.1 Å². The van der Waals surface area contributed by atoms with Crippen molar-refractivity contribution in [3.8, 4) is 0 Å². The molecule has 0 heterocycles. The van der Waals surface area contributed by atoms with Crippen LogP contribution in [0.4, 0.5) is 0 Å². The van der Waals surface area contributed by atoms with Crippen molar-refractivity contribution in [2.45, 2.75) is 39.3 Å². The third-order valence-corrected chi connectivity index (χ3v) is 4.19. The number of halogens is 1. The number of hydrogen-bond acceptors (Lipinski definition) is 1. The molecule has 2 heteroatoms. The van der Waals surface area contributed by atoms with E-state index >= 15 is 0 Å². The highest BCUT2D eigenvalue weighted by Gasteiger charge is 2.09. The molecule has 0 saturated heterocycles. The maximum atomic E-state index is 3.68. The second-order valence-electron chi connectivity index (χ2n) is 5.02. The van der Waals surface area contributed by atoms with E-state index in [1.807, 2.05) is 0 Å². The maximum Gasteiger partial charge on any atom is 0.0321 e. The minimum atomic E-state index is 0.400. The number of rotatable bonds is 6. The van der Waals surface area contributed by atoms with E-state index in [0.717, 1.165) is 23.9 Å². The van der Waals surface area contributed by atoms with E-state index in [0.29, 0.717) is 6.04 Å². The molecule has 0 aliphatic rings. The van der Waals surface area contributed by atoms with E-state index in [9.17, 15) is 0 Å². The van der Waals surface area contributed by atoms with Crippen molar-refractivity contribution in [3.05, 3.63) is 69.7 Å². The summed E-state index contributed by atoms with van der Waals surface area (Å²) in [6.07, 6.45) is 2.18. The molecule has 1 nitrogen and oxygen atoms in total. The zero-order chi connectivity index (χ0) is 14.4. The Labute approximate surface area is 130 Å². The molecule has 0 aromatic heterocycles. The molecule has 0 saturated carbocycles. The summed E-state index contributed by atoms with van der Waals surface area (Å²) in [5.41, 5.74) is 4.18. The first-order chi connectivity index (χ1) is 9.74. The second kappa shape index (κ2) is 7.61. The van der Waals surface area contributed by atoms with Gasteiger partial charge in [-0.15, -0.1) is 0 Å². The number of nitrogens with one attached hydrogen (secondary N) is 1. The third-order valence-electron chi connectivity index (χ3n) is 3.70. The third kappa shape index (κ3) is 3.94. The molecule has 1 N–H and O–H groups in total. The summed E-state index contributed by atoms with van der Waals surface area (Å²) in [6.45, 7) is 5.36. The summed E-state index contributed by atoms with van der Waals surface area (Å²) in [7, 11) is 0. The van der Waals surface area contributed by atoms with Crippen molar-refractivity contribution in [1.82, 2.24) is 5.32 Å². The maximum absolute atomic E-state index is 3.68. The van der Waals surface area contributed by atoms with Crippen LogP contribution in [-0.4, -0.2) is 0 Å². The molecule has 0 aliphatic heterocycles. The van der Waals surface area contributed by atoms with Crippen molar-refractivity contribution in [1.29, 1.82) is 0 Å². The van der Waals surface area contributed by atoms with Crippen LogP contribution in [0.25, 0.3) is 0 Å². The van der Waals surface area contributed by atoms with E-state index in [2.05, 4.69) is 83.6 Å². The lowest BCUT2D eigenvalue weighted by Gasteiger charge is -2.19. The molecule has 0 bridgehead atoms. The lowest BCUT2D eigenvalue weighted by molar-refractivity contribution is 0.517. The fourth-order valence-electron chi connectivity index (χ4n) is 2.53. The van der Waals surface area contributed by atoms with Crippen LogP contribution in [0.1, 0.15) is 43.0 Å². The Bertz CT molecular complexity index is 551. The van der Waals surface area contributed by atoms with Crippen LogP contribution in [0, 0.1) is 0 Å². The van der Waals surface area contributed by atoms with Gasteiger partial charge in [-0.1, -0.05) is 66.2 Å². The zero-order valence-electron chi connectivity index (χ0n) is 12.2. The first-order valence-electron chi connectivity index (χ1n) is 7.30.